The summed E-state index contributed by atoms with van der Waals surface area (Å²) in [4.78, 5) is 0. The van der Waals surface area contributed by atoms with Gasteiger partial charge in [0.1, 0.15) is 5.82 Å². The summed E-state index contributed by atoms with van der Waals surface area (Å²) in [5.41, 5.74) is 1.18. The van der Waals surface area contributed by atoms with Crippen LogP contribution in [0.2, 0.25) is 0 Å². The molecule has 0 heterocycles. The van der Waals surface area contributed by atoms with E-state index in [0.29, 0.717) is 6.04 Å². The molecule has 0 radical (unpaired) electrons. The van der Waals surface area contributed by atoms with Crippen LogP contribution in [0.1, 0.15) is 20.8 Å². The number of halogens is 1. The molecule has 0 atom stereocenters. The average Bonchev–Trinajstić information content (AvgIpc) is 2.08. The number of hydrogen-bond donors (Lipinski definition) is 1. The third-order valence-corrected chi connectivity index (χ3v) is 1.88. The van der Waals surface area contributed by atoms with Crippen molar-refractivity contribution in [2.75, 3.05) is 6.54 Å². The van der Waals surface area contributed by atoms with Crippen LogP contribution in [0.15, 0.2) is 24.3 Å². The Morgan fingerprint density at radius 3 is 2.46 bits per heavy atom. The highest BCUT2D eigenvalue weighted by Crippen LogP contribution is 2.02. The van der Waals surface area contributed by atoms with E-state index in [0.717, 1.165) is 13.0 Å². The highest BCUT2D eigenvalue weighted by atomic mass is 19.1. The van der Waals surface area contributed by atoms with Gasteiger partial charge in [0.25, 0.3) is 0 Å². The van der Waals surface area contributed by atoms with Crippen molar-refractivity contribution in [1.29, 1.82) is 0 Å². The Kier molecular flexibility index (Phi) is 3.90. The van der Waals surface area contributed by atoms with Gasteiger partial charge in [-0.3, -0.25) is 0 Å². The molecule has 1 aromatic carbocycles. The van der Waals surface area contributed by atoms with Crippen molar-refractivity contribution < 1.29 is 5.82 Å². The van der Waals surface area contributed by atoms with Crippen LogP contribution in [-0.2, 0) is 6.42 Å². The molecule has 74 valence electrons. The maximum absolute atomic E-state index is 12.5. The lowest BCUT2D eigenvalue weighted by molar-refractivity contribution is 0.589. The van der Waals surface area contributed by atoms with Crippen molar-refractivity contribution in [3.05, 3.63) is 35.6 Å². The van der Waals surface area contributed by atoms with Crippen LogP contribution in [0, 0.1) is 5.82 Å². The van der Waals surface area contributed by atoms with Gasteiger partial charge in [0, 0.05) is 7.47 Å². The average molecular weight is 183 g/mol. The SMILES string of the molecule is CC(C)NCCc1ccc(F)cc1.[HH]. The van der Waals surface area contributed by atoms with Gasteiger partial charge in [-0.25, -0.2) is 4.39 Å². The quantitative estimate of drug-likeness (QED) is 0.756. The molecule has 0 amide bonds. The third-order valence-electron chi connectivity index (χ3n) is 1.88. The van der Waals surface area contributed by atoms with Crippen LogP contribution in [0.4, 0.5) is 4.39 Å². The zero-order valence-electron chi connectivity index (χ0n) is 8.18. The molecule has 0 spiro atoms. The van der Waals surface area contributed by atoms with E-state index >= 15 is 0 Å². The summed E-state index contributed by atoms with van der Waals surface area (Å²) in [6.45, 7) is 5.18. The lowest BCUT2D eigenvalue weighted by Gasteiger charge is -2.07. The minimum absolute atomic E-state index is 0. The Morgan fingerprint density at radius 1 is 1.31 bits per heavy atom. The van der Waals surface area contributed by atoms with Gasteiger partial charge in [-0.15, -0.1) is 0 Å². The zero-order valence-corrected chi connectivity index (χ0v) is 8.18. The van der Waals surface area contributed by atoms with E-state index in [-0.39, 0.29) is 7.24 Å². The molecule has 13 heavy (non-hydrogen) atoms. The Morgan fingerprint density at radius 2 is 1.92 bits per heavy atom. The molecule has 0 aromatic heterocycles. The molecule has 1 aromatic rings. The first kappa shape index (κ1) is 10.2. The molecule has 2 heteroatoms. The largest absolute Gasteiger partial charge is 0.314 e. The molecule has 0 saturated carbocycles. The van der Waals surface area contributed by atoms with E-state index in [1.54, 1.807) is 0 Å². The van der Waals surface area contributed by atoms with Crippen molar-refractivity contribution in [2.24, 2.45) is 0 Å². The minimum atomic E-state index is -0.166. The first-order valence-corrected chi connectivity index (χ1v) is 4.66. The summed E-state index contributed by atoms with van der Waals surface area (Å²) in [5, 5.41) is 3.31. The number of hydrogen-bond acceptors (Lipinski definition) is 1. The second kappa shape index (κ2) is 4.97. The summed E-state index contributed by atoms with van der Waals surface area (Å²) in [6, 6.07) is 7.19. The summed E-state index contributed by atoms with van der Waals surface area (Å²) >= 11 is 0. The van der Waals surface area contributed by atoms with Gasteiger partial charge >= 0.3 is 0 Å². The lowest BCUT2D eigenvalue weighted by Crippen LogP contribution is -2.24. The third kappa shape index (κ3) is 4.04. The number of nitrogens with one attached hydrogen (secondary N) is 1. The second-order valence-electron chi connectivity index (χ2n) is 3.49. The maximum Gasteiger partial charge on any atom is 0.123 e. The standard InChI is InChI=1S/C11H16FN.H2/c1-9(2)13-8-7-10-3-5-11(12)6-4-10;/h3-6,9,13H,7-8H2,1-2H3;1H. The van der Waals surface area contributed by atoms with Gasteiger partial charge in [-0.2, -0.15) is 0 Å². The van der Waals surface area contributed by atoms with Crippen molar-refractivity contribution in [2.45, 2.75) is 26.3 Å². The Hall–Kier alpha value is -0.890. The smallest absolute Gasteiger partial charge is 0.123 e. The molecule has 0 aliphatic rings. The Balaban J connectivity index is 0.00000169. The molecular formula is C11H18FN. The first-order chi connectivity index (χ1) is 6.18. The van der Waals surface area contributed by atoms with Crippen LogP contribution in [0.25, 0.3) is 0 Å². The van der Waals surface area contributed by atoms with E-state index in [9.17, 15) is 4.39 Å². The van der Waals surface area contributed by atoms with Gasteiger partial charge in [-0.1, -0.05) is 26.0 Å². The van der Waals surface area contributed by atoms with Gasteiger partial charge in [-0.05, 0) is 30.7 Å². The molecule has 0 bridgehead atoms. The topological polar surface area (TPSA) is 12.0 Å². The maximum atomic E-state index is 12.5. The van der Waals surface area contributed by atoms with E-state index in [1.165, 1.54) is 17.7 Å². The molecule has 1 rings (SSSR count). The highest BCUT2D eigenvalue weighted by Gasteiger charge is 1.95. The van der Waals surface area contributed by atoms with Gasteiger partial charge in [0.2, 0.25) is 0 Å². The zero-order chi connectivity index (χ0) is 9.68. The molecule has 0 aliphatic carbocycles. The van der Waals surface area contributed by atoms with Crippen LogP contribution in [0.3, 0.4) is 0 Å². The van der Waals surface area contributed by atoms with E-state index < -0.39 is 0 Å². The van der Waals surface area contributed by atoms with E-state index in [1.807, 2.05) is 12.1 Å². The lowest BCUT2D eigenvalue weighted by atomic mass is 10.1. The number of rotatable bonds is 4. The van der Waals surface area contributed by atoms with Crippen molar-refractivity contribution in [1.82, 2.24) is 5.32 Å². The summed E-state index contributed by atoms with van der Waals surface area (Å²) in [7, 11) is 0. The predicted molar refractivity (Wildman–Crippen MR) is 55.4 cm³/mol. The van der Waals surface area contributed by atoms with Crippen LogP contribution >= 0.6 is 0 Å². The van der Waals surface area contributed by atoms with Crippen molar-refractivity contribution in [3.8, 4) is 0 Å². The highest BCUT2D eigenvalue weighted by molar-refractivity contribution is 5.16. The second-order valence-corrected chi connectivity index (χ2v) is 3.49. The van der Waals surface area contributed by atoms with Gasteiger partial charge in [0.05, 0.1) is 0 Å². The number of benzene rings is 1. The Labute approximate surface area is 80.5 Å². The van der Waals surface area contributed by atoms with Crippen molar-refractivity contribution in [3.63, 3.8) is 0 Å². The molecule has 1 nitrogen and oxygen atoms in total. The Bertz CT molecular complexity index is 246. The molecular weight excluding hydrogens is 165 g/mol. The predicted octanol–water partition coefficient (Wildman–Crippen LogP) is 2.61. The molecule has 0 saturated heterocycles. The summed E-state index contributed by atoms with van der Waals surface area (Å²) < 4.78 is 12.5. The normalized spacial score (nSPS) is 10.8. The van der Waals surface area contributed by atoms with E-state index in [2.05, 4.69) is 19.2 Å². The summed E-state index contributed by atoms with van der Waals surface area (Å²) in [6.07, 6.45) is 0.957. The minimum Gasteiger partial charge on any atom is -0.314 e. The van der Waals surface area contributed by atoms with Gasteiger partial charge < -0.3 is 5.32 Å². The van der Waals surface area contributed by atoms with Crippen LogP contribution < -0.4 is 5.32 Å². The fourth-order valence-corrected chi connectivity index (χ4v) is 1.16. The van der Waals surface area contributed by atoms with Gasteiger partial charge in [0.15, 0.2) is 0 Å². The monoisotopic (exact) mass is 183 g/mol. The first-order valence-electron chi connectivity index (χ1n) is 4.66. The fraction of sp³-hybridized carbons (Fsp3) is 0.455. The molecule has 1 N–H and O–H groups in total. The molecule has 0 unspecified atom stereocenters. The van der Waals surface area contributed by atoms with Crippen molar-refractivity contribution >= 4 is 0 Å². The fourth-order valence-electron chi connectivity index (χ4n) is 1.16. The van der Waals surface area contributed by atoms with E-state index in [4.69, 9.17) is 0 Å². The molecule has 0 aliphatic heterocycles. The van der Waals surface area contributed by atoms with Crippen LogP contribution in [-0.4, -0.2) is 12.6 Å². The molecule has 0 fully saturated rings. The van der Waals surface area contributed by atoms with Crippen LogP contribution in [0.5, 0.6) is 0 Å². The summed E-state index contributed by atoms with van der Waals surface area (Å²) in [5.74, 6) is -0.166.